The molecule has 1 saturated heterocycles. The van der Waals surface area contributed by atoms with Gasteiger partial charge < -0.3 is 9.32 Å². The Kier molecular flexibility index (Phi) is 5.33. The van der Waals surface area contributed by atoms with Crippen LogP contribution in [0.3, 0.4) is 0 Å². The highest BCUT2D eigenvalue weighted by atomic mass is 79.9. The van der Waals surface area contributed by atoms with Gasteiger partial charge in [-0.15, -0.1) is 0 Å². The third kappa shape index (κ3) is 4.52. The molecule has 1 aliphatic rings. The highest BCUT2D eigenvalue weighted by Gasteiger charge is 2.34. The number of anilines is 1. The maximum Gasteiger partial charge on any atom is 0.433 e. The number of hydrogen-bond donors (Lipinski definition) is 0. The number of piperidine rings is 1. The molecule has 0 bridgehead atoms. The molecule has 1 aliphatic heterocycles. The van der Waals surface area contributed by atoms with Gasteiger partial charge in [0.25, 0.3) is 0 Å². The van der Waals surface area contributed by atoms with E-state index in [2.05, 4.69) is 30.8 Å². The highest BCUT2D eigenvalue weighted by molar-refractivity contribution is 9.10. The van der Waals surface area contributed by atoms with Crippen molar-refractivity contribution in [2.75, 3.05) is 25.0 Å². The molecular formula is C16H18BrF3N4O. The molecule has 0 N–H and O–H groups in total. The van der Waals surface area contributed by atoms with E-state index < -0.39 is 11.9 Å². The largest absolute Gasteiger partial charge is 0.453 e. The van der Waals surface area contributed by atoms with Crippen LogP contribution >= 0.6 is 15.9 Å². The number of hydrogen-bond acceptors (Lipinski definition) is 5. The SMILES string of the molecule is CN(c1cc(C(F)(F)F)ncn1)C1CCCN(Cc2ccc(Br)o2)C1. The highest BCUT2D eigenvalue weighted by Crippen LogP contribution is 2.30. The van der Waals surface area contributed by atoms with E-state index in [-0.39, 0.29) is 11.9 Å². The van der Waals surface area contributed by atoms with Crippen LogP contribution in [0, 0.1) is 0 Å². The summed E-state index contributed by atoms with van der Waals surface area (Å²) in [7, 11) is 1.78. The fourth-order valence-electron chi connectivity index (χ4n) is 3.03. The number of likely N-dealkylation sites (tertiary alicyclic amines) is 1. The predicted octanol–water partition coefficient (Wildman–Crippen LogP) is 3.95. The maximum absolute atomic E-state index is 12.8. The van der Waals surface area contributed by atoms with Gasteiger partial charge >= 0.3 is 6.18 Å². The van der Waals surface area contributed by atoms with E-state index in [9.17, 15) is 13.2 Å². The lowest BCUT2D eigenvalue weighted by Gasteiger charge is -2.37. The molecule has 0 saturated carbocycles. The van der Waals surface area contributed by atoms with Gasteiger partial charge in [0, 0.05) is 25.7 Å². The van der Waals surface area contributed by atoms with Gasteiger partial charge in [0.2, 0.25) is 0 Å². The second kappa shape index (κ2) is 7.33. The second-order valence-electron chi connectivity index (χ2n) is 6.11. The van der Waals surface area contributed by atoms with E-state index >= 15 is 0 Å². The Labute approximate surface area is 152 Å². The molecular weight excluding hydrogens is 401 g/mol. The molecule has 9 heteroatoms. The number of likely N-dealkylation sites (N-methyl/N-ethyl adjacent to an activating group) is 1. The minimum atomic E-state index is -4.47. The van der Waals surface area contributed by atoms with Crippen LogP contribution in [0.4, 0.5) is 19.0 Å². The van der Waals surface area contributed by atoms with Crippen molar-refractivity contribution in [2.24, 2.45) is 0 Å². The number of aromatic nitrogens is 2. The van der Waals surface area contributed by atoms with Crippen molar-refractivity contribution in [3.8, 4) is 0 Å². The van der Waals surface area contributed by atoms with Gasteiger partial charge in [-0.05, 0) is 47.4 Å². The van der Waals surface area contributed by atoms with Gasteiger partial charge in [-0.2, -0.15) is 13.2 Å². The summed E-state index contributed by atoms with van der Waals surface area (Å²) in [6.45, 7) is 2.34. The van der Waals surface area contributed by atoms with Crippen molar-refractivity contribution in [1.29, 1.82) is 0 Å². The Morgan fingerprint density at radius 3 is 2.84 bits per heavy atom. The summed E-state index contributed by atoms with van der Waals surface area (Å²) in [6, 6.07) is 4.85. The first-order valence-electron chi connectivity index (χ1n) is 7.91. The Morgan fingerprint density at radius 2 is 2.16 bits per heavy atom. The van der Waals surface area contributed by atoms with Crippen LogP contribution in [0.5, 0.6) is 0 Å². The second-order valence-corrected chi connectivity index (χ2v) is 6.89. The minimum Gasteiger partial charge on any atom is -0.453 e. The first kappa shape index (κ1) is 18.2. The maximum atomic E-state index is 12.8. The molecule has 2 aromatic rings. The molecule has 0 amide bonds. The van der Waals surface area contributed by atoms with Crippen molar-refractivity contribution < 1.29 is 17.6 Å². The predicted molar refractivity (Wildman–Crippen MR) is 90.1 cm³/mol. The zero-order chi connectivity index (χ0) is 18.0. The van der Waals surface area contributed by atoms with Gasteiger partial charge in [0.15, 0.2) is 4.67 Å². The number of furan rings is 1. The molecule has 25 heavy (non-hydrogen) atoms. The van der Waals surface area contributed by atoms with Crippen LogP contribution in [0.1, 0.15) is 24.3 Å². The van der Waals surface area contributed by atoms with Crippen LogP contribution in [0.25, 0.3) is 0 Å². The quantitative estimate of drug-likeness (QED) is 0.751. The van der Waals surface area contributed by atoms with Crippen LogP contribution in [0.15, 0.2) is 33.6 Å². The molecule has 2 aromatic heterocycles. The average molecular weight is 419 g/mol. The first-order chi connectivity index (χ1) is 11.8. The third-order valence-electron chi connectivity index (χ3n) is 4.34. The van der Waals surface area contributed by atoms with Gasteiger partial charge in [0.05, 0.1) is 6.54 Å². The van der Waals surface area contributed by atoms with Crippen LogP contribution in [0.2, 0.25) is 0 Å². The molecule has 1 fully saturated rings. The zero-order valence-corrected chi connectivity index (χ0v) is 15.2. The van der Waals surface area contributed by atoms with E-state index in [0.29, 0.717) is 11.2 Å². The topological polar surface area (TPSA) is 45.4 Å². The lowest BCUT2D eigenvalue weighted by molar-refractivity contribution is -0.141. The van der Waals surface area contributed by atoms with Gasteiger partial charge in [-0.25, -0.2) is 9.97 Å². The van der Waals surface area contributed by atoms with Crippen LogP contribution < -0.4 is 4.90 Å². The Hall–Kier alpha value is -1.61. The molecule has 3 heterocycles. The van der Waals surface area contributed by atoms with Crippen molar-refractivity contribution in [3.05, 3.63) is 40.7 Å². The lowest BCUT2D eigenvalue weighted by atomic mass is 10.0. The zero-order valence-electron chi connectivity index (χ0n) is 13.6. The van der Waals surface area contributed by atoms with Crippen molar-refractivity contribution in [2.45, 2.75) is 31.6 Å². The number of halogens is 4. The van der Waals surface area contributed by atoms with Crippen LogP contribution in [-0.4, -0.2) is 41.0 Å². The van der Waals surface area contributed by atoms with Gasteiger partial charge in [-0.3, -0.25) is 4.90 Å². The number of nitrogens with zero attached hydrogens (tertiary/aromatic N) is 4. The lowest BCUT2D eigenvalue weighted by Crippen LogP contribution is -2.46. The standard InChI is InChI=1S/C16H18BrF3N4O/c1-23(15-7-13(16(18,19)20)21-10-22-15)11-3-2-6-24(8-11)9-12-4-5-14(17)25-12/h4-5,7,10-11H,2-3,6,8-9H2,1H3. The number of rotatable bonds is 4. The molecule has 136 valence electrons. The van der Waals surface area contributed by atoms with E-state index in [1.165, 1.54) is 0 Å². The summed E-state index contributed by atoms with van der Waals surface area (Å²) in [6.07, 6.45) is -1.63. The molecule has 0 aromatic carbocycles. The normalized spacial score (nSPS) is 19.2. The van der Waals surface area contributed by atoms with Crippen molar-refractivity contribution in [1.82, 2.24) is 14.9 Å². The Bertz CT molecular complexity index is 721. The summed E-state index contributed by atoms with van der Waals surface area (Å²) in [5.74, 6) is 1.14. The molecule has 0 radical (unpaired) electrons. The van der Waals surface area contributed by atoms with Gasteiger partial charge in [-0.1, -0.05) is 0 Å². The summed E-state index contributed by atoms with van der Waals surface area (Å²) in [5, 5.41) is 0. The van der Waals surface area contributed by atoms with Gasteiger partial charge in [0.1, 0.15) is 23.6 Å². The average Bonchev–Trinajstić information content (AvgIpc) is 2.98. The smallest absolute Gasteiger partial charge is 0.433 e. The van der Waals surface area contributed by atoms with Crippen LogP contribution in [-0.2, 0) is 12.7 Å². The summed E-state index contributed by atoms with van der Waals surface area (Å²) in [4.78, 5) is 11.4. The molecule has 1 atom stereocenters. The molecule has 0 spiro atoms. The summed E-state index contributed by atoms with van der Waals surface area (Å²) in [5.41, 5.74) is -0.919. The fourth-order valence-corrected chi connectivity index (χ4v) is 3.37. The Morgan fingerprint density at radius 1 is 1.36 bits per heavy atom. The van der Waals surface area contributed by atoms with E-state index in [1.54, 1.807) is 11.9 Å². The minimum absolute atomic E-state index is 0.0862. The van der Waals surface area contributed by atoms with Crippen molar-refractivity contribution in [3.63, 3.8) is 0 Å². The summed E-state index contributed by atoms with van der Waals surface area (Å²) >= 11 is 3.29. The van der Waals surface area contributed by atoms with E-state index in [1.807, 2.05) is 12.1 Å². The first-order valence-corrected chi connectivity index (χ1v) is 8.71. The fraction of sp³-hybridized carbons (Fsp3) is 0.500. The molecule has 1 unspecified atom stereocenters. The molecule has 3 rings (SSSR count). The summed E-state index contributed by atoms with van der Waals surface area (Å²) < 4.78 is 44.8. The number of alkyl halides is 3. The van der Waals surface area contributed by atoms with Crippen molar-refractivity contribution >= 4 is 21.7 Å². The monoisotopic (exact) mass is 418 g/mol. The molecule has 0 aliphatic carbocycles. The van der Waals surface area contributed by atoms with E-state index in [4.69, 9.17) is 4.42 Å². The molecule has 5 nitrogen and oxygen atoms in total. The van der Waals surface area contributed by atoms with E-state index in [0.717, 1.165) is 44.1 Å². The Balaban J connectivity index is 1.68. The third-order valence-corrected chi connectivity index (χ3v) is 4.77.